The van der Waals surface area contributed by atoms with Crippen molar-refractivity contribution < 1.29 is 13.2 Å². The zero-order chi connectivity index (χ0) is 23.4. The van der Waals surface area contributed by atoms with E-state index in [1.807, 2.05) is 68.4 Å². The Hall–Kier alpha value is -2.83. The summed E-state index contributed by atoms with van der Waals surface area (Å²) < 4.78 is 34.9. The summed E-state index contributed by atoms with van der Waals surface area (Å²) in [6.07, 6.45) is 1.54. The lowest BCUT2D eigenvalue weighted by atomic mass is 10.0. The van der Waals surface area contributed by atoms with Crippen molar-refractivity contribution in [3.05, 3.63) is 89.5 Å². The second-order valence-electron chi connectivity index (χ2n) is 8.72. The van der Waals surface area contributed by atoms with Gasteiger partial charge in [-0.1, -0.05) is 54.1 Å². The Morgan fingerprint density at radius 1 is 0.909 bits per heavy atom. The number of hydrogen-bond donors (Lipinski definition) is 0. The maximum absolute atomic E-state index is 13.9. The van der Waals surface area contributed by atoms with E-state index in [1.54, 1.807) is 23.5 Å². The number of methoxy groups -OCH3 is 1. The first-order valence-electron chi connectivity index (χ1n) is 11.4. The second-order valence-corrected chi connectivity index (χ2v) is 10.5. The normalized spacial score (nSPS) is 15.4. The number of likely N-dealkylation sites (tertiary alicyclic amines) is 1. The maximum atomic E-state index is 13.9. The van der Waals surface area contributed by atoms with Gasteiger partial charge < -0.3 is 4.74 Å². The van der Waals surface area contributed by atoms with Crippen molar-refractivity contribution in [3.63, 3.8) is 0 Å². The van der Waals surface area contributed by atoms with E-state index >= 15 is 0 Å². The summed E-state index contributed by atoms with van der Waals surface area (Å²) in [6, 6.07) is 23.0. The number of ether oxygens (including phenoxy) is 1. The molecule has 1 saturated heterocycles. The molecular weight excluding hydrogens is 432 g/mol. The Kier molecular flexibility index (Phi) is 7.05. The van der Waals surface area contributed by atoms with Crippen LogP contribution < -0.4 is 9.04 Å². The lowest BCUT2D eigenvalue weighted by Gasteiger charge is -2.39. The highest BCUT2D eigenvalue weighted by atomic mass is 32.2. The molecule has 33 heavy (non-hydrogen) atoms. The van der Waals surface area contributed by atoms with Crippen LogP contribution in [0.2, 0.25) is 0 Å². The fourth-order valence-corrected chi connectivity index (χ4v) is 6.52. The van der Waals surface area contributed by atoms with Crippen LogP contribution in [0, 0.1) is 13.8 Å². The van der Waals surface area contributed by atoms with E-state index in [2.05, 4.69) is 11.0 Å². The largest absolute Gasteiger partial charge is 0.496 e. The van der Waals surface area contributed by atoms with Gasteiger partial charge in [-0.2, -0.15) is 0 Å². The van der Waals surface area contributed by atoms with Gasteiger partial charge in [0.1, 0.15) is 5.75 Å². The van der Waals surface area contributed by atoms with E-state index in [0.29, 0.717) is 4.90 Å². The Morgan fingerprint density at radius 2 is 1.55 bits per heavy atom. The summed E-state index contributed by atoms with van der Waals surface area (Å²) in [6.45, 7) is 6.32. The minimum atomic E-state index is -3.69. The van der Waals surface area contributed by atoms with Gasteiger partial charge in [0.05, 0.1) is 17.7 Å². The van der Waals surface area contributed by atoms with E-state index in [1.165, 1.54) is 0 Å². The second kappa shape index (κ2) is 9.98. The standard InChI is InChI=1S/C27H32N2O3S/c1-21-12-14-24(15-13-21)29(33(30,31)27-11-7-4-8-22(27)2)25-16-18-28(19-17-25)20-23-9-5-6-10-26(23)32-3/h4-15,25H,16-20H2,1-3H3. The number of hydrogen-bond acceptors (Lipinski definition) is 4. The zero-order valence-corrected chi connectivity index (χ0v) is 20.4. The fraction of sp³-hybridized carbons (Fsp3) is 0.333. The topological polar surface area (TPSA) is 49.9 Å². The monoisotopic (exact) mass is 464 g/mol. The molecule has 0 radical (unpaired) electrons. The van der Waals surface area contributed by atoms with Crippen LogP contribution in [-0.4, -0.2) is 39.6 Å². The molecule has 0 saturated carbocycles. The highest BCUT2D eigenvalue weighted by Gasteiger charge is 2.35. The number of para-hydroxylation sites is 1. The molecule has 1 aliphatic rings. The molecule has 0 amide bonds. The van der Waals surface area contributed by atoms with E-state index in [0.717, 1.165) is 60.6 Å². The number of nitrogens with zero attached hydrogens (tertiary/aromatic N) is 2. The van der Waals surface area contributed by atoms with Crippen molar-refractivity contribution >= 4 is 15.7 Å². The van der Waals surface area contributed by atoms with Crippen LogP contribution in [0.25, 0.3) is 0 Å². The molecule has 0 aliphatic carbocycles. The first kappa shape index (κ1) is 23.3. The van der Waals surface area contributed by atoms with Gasteiger partial charge in [0.25, 0.3) is 10.0 Å². The molecule has 4 rings (SSSR count). The molecule has 0 unspecified atom stereocenters. The predicted octanol–water partition coefficient (Wildman–Crippen LogP) is 5.17. The number of sulfonamides is 1. The maximum Gasteiger partial charge on any atom is 0.264 e. The van der Waals surface area contributed by atoms with Gasteiger partial charge in [0, 0.05) is 31.2 Å². The minimum absolute atomic E-state index is 0.0915. The van der Waals surface area contributed by atoms with Gasteiger partial charge >= 0.3 is 0 Å². The van der Waals surface area contributed by atoms with Gasteiger partial charge in [-0.15, -0.1) is 0 Å². The Bertz CT molecular complexity index is 1180. The summed E-state index contributed by atoms with van der Waals surface area (Å²) in [5.74, 6) is 0.892. The molecule has 1 heterocycles. The molecule has 6 heteroatoms. The summed E-state index contributed by atoms with van der Waals surface area (Å²) in [5.41, 5.74) is 3.76. The van der Waals surface area contributed by atoms with Crippen LogP contribution in [0.4, 0.5) is 5.69 Å². The lowest BCUT2D eigenvalue weighted by Crippen LogP contribution is -2.47. The van der Waals surface area contributed by atoms with Crippen molar-refractivity contribution in [1.29, 1.82) is 0 Å². The molecule has 1 fully saturated rings. The highest BCUT2D eigenvalue weighted by Crippen LogP contribution is 2.32. The molecule has 0 atom stereocenters. The zero-order valence-electron chi connectivity index (χ0n) is 19.6. The third kappa shape index (κ3) is 5.07. The van der Waals surface area contributed by atoms with Gasteiger partial charge in [-0.05, 0) is 56.5 Å². The SMILES string of the molecule is COc1ccccc1CN1CCC(N(c2ccc(C)cc2)S(=O)(=O)c2ccccc2C)CC1. The first-order valence-corrected chi connectivity index (χ1v) is 12.8. The smallest absolute Gasteiger partial charge is 0.264 e. The Labute approximate surface area is 197 Å². The Balaban J connectivity index is 1.59. The third-order valence-corrected chi connectivity index (χ3v) is 8.43. The quantitative estimate of drug-likeness (QED) is 0.484. The summed E-state index contributed by atoms with van der Waals surface area (Å²) in [5, 5.41) is 0. The number of aryl methyl sites for hydroxylation is 2. The van der Waals surface area contributed by atoms with Crippen LogP contribution in [0.15, 0.2) is 77.7 Å². The average Bonchev–Trinajstić information content (AvgIpc) is 2.82. The molecule has 0 N–H and O–H groups in total. The van der Waals surface area contributed by atoms with Crippen molar-refractivity contribution in [1.82, 2.24) is 4.90 Å². The van der Waals surface area contributed by atoms with E-state index in [-0.39, 0.29) is 6.04 Å². The molecule has 1 aliphatic heterocycles. The molecule has 0 aromatic heterocycles. The van der Waals surface area contributed by atoms with Crippen LogP contribution >= 0.6 is 0 Å². The molecule has 0 bridgehead atoms. The lowest BCUT2D eigenvalue weighted by molar-refractivity contribution is 0.204. The summed E-state index contributed by atoms with van der Waals surface area (Å²) >= 11 is 0. The summed E-state index contributed by atoms with van der Waals surface area (Å²) in [7, 11) is -1.99. The molecular formula is C27H32N2O3S. The number of benzene rings is 3. The number of anilines is 1. The fourth-order valence-electron chi connectivity index (χ4n) is 4.58. The minimum Gasteiger partial charge on any atom is -0.496 e. The van der Waals surface area contributed by atoms with Crippen LogP contribution in [-0.2, 0) is 16.6 Å². The van der Waals surface area contributed by atoms with Crippen LogP contribution in [0.3, 0.4) is 0 Å². The molecule has 3 aromatic rings. The van der Waals surface area contributed by atoms with Gasteiger partial charge in [-0.3, -0.25) is 9.21 Å². The van der Waals surface area contributed by atoms with Crippen molar-refractivity contribution in [3.8, 4) is 5.75 Å². The third-order valence-electron chi connectivity index (χ3n) is 6.39. The van der Waals surface area contributed by atoms with E-state index in [4.69, 9.17) is 4.74 Å². The van der Waals surface area contributed by atoms with Crippen molar-refractivity contribution in [2.45, 2.75) is 44.2 Å². The van der Waals surface area contributed by atoms with Crippen LogP contribution in [0.1, 0.15) is 29.5 Å². The first-order chi connectivity index (χ1) is 15.9. The molecule has 0 spiro atoms. The molecule has 3 aromatic carbocycles. The van der Waals surface area contributed by atoms with Crippen LogP contribution in [0.5, 0.6) is 5.75 Å². The van der Waals surface area contributed by atoms with Gasteiger partial charge in [0.2, 0.25) is 0 Å². The Morgan fingerprint density at radius 3 is 2.21 bits per heavy atom. The van der Waals surface area contributed by atoms with Crippen molar-refractivity contribution in [2.24, 2.45) is 0 Å². The predicted molar refractivity (Wildman–Crippen MR) is 133 cm³/mol. The highest BCUT2D eigenvalue weighted by molar-refractivity contribution is 7.93. The van der Waals surface area contributed by atoms with Gasteiger partial charge in [0.15, 0.2) is 0 Å². The number of rotatable bonds is 7. The van der Waals surface area contributed by atoms with Crippen molar-refractivity contribution in [2.75, 3.05) is 24.5 Å². The molecule has 174 valence electrons. The number of piperidine rings is 1. The van der Waals surface area contributed by atoms with Gasteiger partial charge in [-0.25, -0.2) is 8.42 Å². The molecule has 5 nitrogen and oxygen atoms in total. The van der Waals surface area contributed by atoms with E-state index in [9.17, 15) is 8.42 Å². The average molecular weight is 465 g/mol. The van der Waals surface area contributed by atoms with E-state index < -0.39 is 10.0 Å². The summed E-state index contributed by atoms with van der Waals surface area (Å²) in [4.78, 5) is 2.75.